The summed E-state index contributed by atoms with van der Waals surface area (Å²) in [5.41, 5.74) is -0.610. The van der Waals surface area contributed by atoms with Crippen LogP contribution < -0.4 is 14.8 Å². The van der Waals surface area contributed by atoms with E-state index in [4.69, 9.17) is 9.47 Å². The van der Waals surface area contributed by atoms with Crippen LogP contribution in [0.3, 0.4) is 0 Å². The van der Waals surface area contributed by atoms with Crippen molar-refractivity contribution < 1.29 is 27.4 Å². The third kappa shape index (κ3) is 6.25. The number of benzene rings is 1. The first-order valence-electron chi connectivity index (χ1n) is 8.78. The van der Waals surface area contributed by atoms with E-state index in [2.05, 4.69) is 15.3 Å². The van der Waals surface area contributed by atoms with Crippen molar-refractivity contribution in [1.82, 2.24) is 15.3 Å². The van der Waals surface area contributed by atoms with Crippen molar-refractivity contribution in [2.24, 2.45) is 0 Å². The molecule has 1 aromatic heterocycles. The maximum absolute atomic E-state index is 13.3. The molecule has 6 nitrogen and oxygen atoms in total. The Balaban J connectivity index is 2.36. The summed E-state index contributed by atoms with van der Waals surface area (Å²) < 4.78 is 50.3. The van der Waals surface area contributed by atoms with Gasteiger partial charge in [0.15, 0.2) is 16.7 Å². The van der Waals surface area contributed by atoms with Crippen LogP contribution in [0.25, 0.3) is 11.3 Å². The summed E-state index contributed by atoms with van der Waals surface area (Å²) in [5.74, 6) is 0.423. The van der Waals surface area contributed by atoms with Crippen molar-refractivity contribution in [1.29, 1.82) is 0 Å². The highest BCUT2D eigenvalue weighted by molar-refractivity contribution is 7.99. The summed E-state index contributed by atoms with van der Waals surface area (Å²) in [7, 11) is 2.89. The van der Waals surface area contributed by atoms with E-state index in [-0.39, 0.29) is 28.6 Å². The first-order valence-corrected chi connectivity index (χ1v) is 9.77. The lowest BCUT2D eigenvalue weighted by atomic mass is 10.1. The topological polar surface area (TPSA) is 73.3 Å². The number of alkyl halides is 3. The molecular weight excluding hydrogens is 407 g/mol. The minimum atomic E-state index is -4.65. The first-order chi connectivity index (χ1) is 13.7. The lowest BCUT2D eigenvalue weighted by Crippen LogP contribution is -2.33. The van der Waals surface area contributed by atoms with E-state index >= 15 is 0 Å². The van der Waals surface area contributed by atoms with Gasteiger partial charge in [0.05, 0.1) is 25.7 Å². The molecule has 0 aliphatic carbocycles. The van der Waals surface area contributed by atoms with E-state index in [0.29, 0.717) is 17.1 Å². The molecule has 0 radical (unpaired) electrons. The van der Waals surface area contributed by atoms with Crippen LogP contribution in [0.2, 0.25) is 0 Å². The van der Waals surface area contributed by atoms with Crippen LogP contribution in [0.15, 0.2) is 29.4 Å². The highest BCUT2D eigenvalue weighted by atomic mass is 32.2. The first kappa shape index (κ1) is 22.8. The molecule has 29 heavy (non-hydrogen) atoms. The molecule has 0 saturated heterocycles. The number of carbonyl (C=O) groups excluding carboxylic acids is 1. The van der Waals surface area contributed by atoms with Crippen LogP contribution in [-0.2, 0) is 11.0 Å². The number of rotatable bonds is 8. The second-order valence-corrected chi connectivity index (χ2v) is 7.10. The van der Waals surface area contributed by atoms with Gasteiger partial charge in [0.25, 0.3) is 0 Å². The Morgan fingerprint density at radius 1 is 1.17 bits per heavy atom. The molecule has 0 fully saturated rings. The minimum absolute atomic E-state index is 0.0205. The monoisotopic (exact) mass is 429 g/mol. The number of methoxy groups -OCH3 is 2. The molecule has 158 valence electrons. The normalized spacial score (nSPS) is 12.4. The van der Waals surface area contributed by atoms with Gasteiger partial charge in [-0.3, -0.25) is 4.79 Å². The van der Waals surface area contributed by atoms with Gasteiger partial charge in [-0.1, -0.05) is 18.7 Å². The maximum Gasteiger partial charge on any atom is 0.433 e. The predicted octanol–water partition coefficient (Wildman–Crippen LogP) is 4.19. The lowest BCUT2D eigenvalue weighted by Gasteiger charge is -2.13. The zero-order chi connectivity index (χ0) is 21.6. The fraction of sp³-hybridized carbons (Fsp3) is 0.421. The predicted molar refractivity (Wildman–Crippen MR) is 104 cm³/mol. The van der Waals surface area contributed by atoms with Crippen molar-refractivity contribution in [3.8, 4) is 22.8 Å². The highest BCUT2D eigenvalue weighted by Gasteiger charge is 2.34. The van der Waals surface area contributed by atoms with Gasteiger partial charge in [-0.2, -0.15) is 13.2 Å². The second kappa shape index (κ2) is 9.82. The third-order valence-corrected chi connectivity index (χ3v) is 4.87. The van der Waals surface area contributed by atoms with Crippen molar-refractivity contribution in [3.63, 3.8) is 0 Å². The standard InChI is InChI=1S/C19H22F3N3O3S/c1-5-11(2)23-17(26)10-29-18-24-13(9-16(25-18)19(20,21)22)12-6-7-14(27-3)15(8-12)28-4/h6-9,11H,5,10H2,1-4H3,(H,23,26)/t11-/m0/s1. The number of carbonyl (C=O) groups is 1. The minimum Gasteiger partial charge on any atom is -0.493 e. The van der Waals surface area contributed by atoms with E-state index in [0.717, 1.165) is 24.2 Å². The maximum atomic E-state index is 13.3. The number of nitrogens with one attached hydrogen (secondary N) is 1. The Morgan fingerprint density at radius 3 is 2.45 bits per heavy atom. The molecule has 1 aromatic carbocycles. The van der Waals surface area contributed by atoms with Crippen molar-refractivity contribution in [2.75, 3.05) is 20.0 Å². The fourth-order valence-corrected chi connectivity index (χ4v) is 3.00. The lowest BCUT2D eigenvalue weighted by molar-refractivity contribution is -0.141. The van der Waals surface area contributed by atoms with Crippen LogP contribution in [0.1, 0.15) is 26.0 Å². The van der Waals surface area contributed by atoms with E-state index in [1.165, 1.54) is 20.3 Å². The molecule has 1 amide bonds. The fourth-order valence-electron chi connectivity index (χ4n) is 2.33. The zero-order valence-corrected chi connectivity index (χ0v) is 17.3. The summed E-state index contributed by atoms with van der Waals surface area (Å²) in [6.45, 7) is 3.77. The second-order valence-electron chi connectivity index (χ2n) is 6.15. The summed E-state index contributed by atoms with van der Waals surface area (Å²) in [5, 5.41) is 2.62. The van der Waals surface area contributed by atoms with Crippen molar-refractivity contribution in [2.45, 2.75) is 37.6 Å². The molecule has 10 heteroatoms. The molecule has 2 aromatic rings. The number of nitrogens with zero attached hydrogens (tertiary/aromatic N) is 2. The van der Waals surface area contributed by atoms with E-state index in [1.807, 2.05) is 13.8 Å². The van der Waals surface area contributed by atoms with E-state index in [1.54, 1.807) is 12.1 Å². The average Bonchev–Trinajstić information content (AvgIpc) is 2.70. The number of thioether (sulfide) groups is 1. The van der Waals surface area contributed by atoms with Crippen LogP contribution >= 0.6 is 11.8 Å². The largest absolute Gasteiger partial charge is 0.493 e. The molecule has 0 spiro atoms. The van der Waals surface area contributed by atoms with Crippen molar-refractivity contribution >= 4 is 17.7 Å². The van der Waals surface area contributed by atoms with Gasteiger partial charge in [-0.25, -0.2) is 9.97 Å². The number of halogens is 3. The molecule has 1 heterocycles. The number of hydrogen-bond acceptors (Lipinski definition) is 6. The molecule has 0 saturated carbocycles. The zero-order valence-electron chi connectivity index (χ0n) is 16.5. The Morgan fingerprint density at radius 2 is 1.86 bits per heavy atom. The molecule has 0 bridgehead atoms. The molecule has 0 unspecified atom stereocenters. The van der Waals surface area contributed by atoms with Crippen LogP contribution in [0, 0.1) is 0 Å². The highest BCUT2D eigenvalue weighted by Crippen LogP contribution is 2.35. The number of hydrogen-bond donors (Lipinski definition) is 1. The quantitative estimate of drug-likeness (QED) is 0.501. The Bertz CT molecular complexity index is 862. The van der Waals surface area contributed by atoms with Crippen molar-refractivity contribution in [3.05, 3.63) is 30.0 Å². The molecule has 0 aliphatic heterocycles. The Hall–Kier alpha value is -2.49. The summed E-state index contributed by atoms with van der Waals surface area (Å²) in [6.07, 6.45) is -3.90. The Labute approximate surface area is 171 Å². The van der Waals surface area contributed by atoms with Gasteiger partial charge < -0.3 is 14.8 Å². The Kier molecular flexibility index (Phi) is 7.72. The van der Waals surface area contributed by atoms with E-state index < -0.39 is 11.9 Å². The number of aromatic nitrogens is 2. The van der Waals surface area contributed by atoms with Gasteiger partial charge in [-0.05, 0) is 37.6 Å². The van der Waals surface area contributed by atoms with E-state index in [9.17, 15) is 18.0 Å². The molecule has 1 atom stereocenters. The smallest absolute Gasteiger partial charge is 0.433 e. The number of ether oxygens (including phenoxy) is 2. The van der Waals surface area contributed by atoms with Crippen LogP contribution in [0.5, 0.6) is 11.5 Å². The van der Waals surface area contributed by atoms with Crippen LogP contribution in [-0.4, -0.2) is 41.9 Å². The molecule has 2 rings (SSSR count). The average molecular weight is 429 g/mol. The van der Waals surface area contributed by atoms with Gasteiger partial charge in [0.2, 0.25) is 5.91 Å². The number of amides is 1. The van der Waals surface area contributed by atoms with Gasteiger partial charge in [0, 0.05) is 11.6 Å². The van der Waals surface area contributed by atoms with Gasteiger partial charge in [0.1, 0.15) is 5.69 Å². The molecule has 1 N–H and O–H groups in total. The molecular formula is C19H22F3N3O3S. The van der Waals surface area contributed by atoms with Crippen LogP contribution in [0.4, 0.5) is 13.2 Å². The summed E-state index contributed by atoms with van der Waals surface area (Å²) in [6, 6.07) is 5.53. The summed E-state index contributed by atoms with van der Waals surface area (Å²) >= 11 is 0.848. The van der Waals surface area contributed by atoms with Gasteiger partial charge >= 0.3 is 6.18 Å². The third-order valence-electron chi connectivity index (χ3n) is 4.03. The molecule has 0 aliphatic rings. The summed E-state index contributed by atoms with van der Waals surface area (Å²) in [4.78, 5) is 19.7. The SMILES string of the molecule is CC[C@H](C)NC(=O)CSc1nc(-c2ccc(OC)c(OC)c2)cc(C(F)(F)F)n1. The van der Waals surface area contributed by atoms with Gasteiger partial charge in [-0.15, -0.1) is 0 Å².